The van der Waals surface area contributed by atoms with Crippen LogP contribution >= 0.6 is 0 Å². The predicted molar refractivity (Wildman–Crippen MR) is 113 cm³/mol. The van der Waals surface area contributed by atoms with Gasteiger partial charge in [0, 0.05) is 20.7 Å². The lowest BCUT2D eigenvalue weighted by molar-refractivity contribution is -0.215. The van der Waals surface area contributed by atoms with Gasteiger partial charge < -0.3 is 14.8 Å². The summed E-state index contributed by atoms with van der Waals surface area (Å²) in [7, 11) is 2.81. The van der Waals surface area contributed by atoms with Crippen LogP contribution in [0.1, 0.15) is 22.8 Å². The first-order chi connectivity index (χ1) is 14.7. The van der Waals surface area contributed by atoms with Crippen molar-refractivity contribution in [2.45, 2.75) is 18.8 Å². The quantitative estimate of drug-likeness (QED) is 0.377. The van der Waals surface area contributed by atoms with Gasteiger partial charge in [-0.15, -0.1) is 0 Å². The van der Waals surface area contributed by atoms with E-state index in [0.29, 0.717) is 23.4 Å². The summed E-state index contributed by atoms with van der Waals surface area (Å²) in [5, 5.41) is 21.0. The number of nitrogens with one attached hydrogen (secondary N) is 1. The Hall–Kier alpha value is -3.39. The Kier molecular flexibility index (Phi) is 6.60. The fourth-order valence-corrected chi connectivity index (χ4v) is 3.44. The number of rotatable bonds is 6. The van der Waals surface area contributed by atoms with Crippen molar-refractivity contribution in [3.63, 3.8) is 0 Å². The predicted octanol–water partition coefficient (Wildman–Crippen LogP) is 5.20. The van der Waals surface area contributed by atoms with Crippen molar-refractivity contribution in [1.82, 2.24) is 4.90 Å². The summed E-state index contributed by atoms with van der Waals surface area (Å²) in [6, 6.07) is 15.5. The lowest BCUT2D eigenvalue weighted by Gasteiger charge is -2.26. The van der Waals surface area contributed by atoms with Crippen LogP contribution in [0.15, 0.2) is 77.6 Å². The molecule has 3 rings (SSSR count). The van der Waals surface area contributed by atoms with Crippen molar-refractivity contribution in [2.75, 3.05) is 14.2 Å². The van der Waals surface area contributed by atoms with Gasteiger partial charge in [0.25, 0.3) is 0 Å². The number of allylic oxidation sites excluding steroid dienone is 4. The third-order valence-electron chi connectivity index (χ3n) is 4.93. The third-order valence-corrected chi connectivity index (χ3v) is 4.93. The van der Waals surface area contributed by atoms with Crippen LogP contribution in [0.4, 0.5) is 13.2 Å². The van der Waals surface area contributed by atoms with E-state index in [-0.39, 0.29) is 17.0 Å². The van der Waals surface area contributed by atoms with Crippen LogP contribution in [0, 0.1) is 5.41 Å². The highest BCUT2D eigenvalue weighted by Crippen LogP contribution is 2.36. The van der Waals surface area contributed by atoms with Crippen LogP contribution in [0.3, 0.4) is 0 Å². The number of alkyl halides is 3. The summed E-state index contributed by atoms with van der Waals surface area (Å²) >= 11 is 0. The first kappa shape index (κ1) is 22.3. The molecule has 2 aromatic carbocycles. The molecule has 162 valence electrons. The van der Waals surface area contributed by atoms with Gasteiger partial charge in [-0.3, -0.25) is 5.41 Å². The number of nitrogens with zero attached hydrogens (tertiary/aromatic N) is 2. The summed E-state index contributed by atoms with van der Waals surface area (Å²) in [6.07, 6.45) is -3.43. The van der Waals surface area contributed by atoms with Crippen LogP contribution in [-0.2, 0) is 11.3 Å². The number of halogens is 3. The van der Waals surface area contributed by atoms with Gasteiger partial charge in [0.05, 0.1) is 5.70 Å². The minimum Gasteiger partial charge on any atom is -0.410 e. The van der Waals surface area contributed by atoms with Gasteiger partial charge >= 0.3 is 6.18 Å². The van der Waals surface area contributed by atoms with E-state index in [0.717, 1.165) is 12.7 Å². The van der Waals surface area contributed by atoms with E-state index in [4.69, 9.17) is 5.41 Å². The number of ether oxygens (including phenoxy) is 1. The Bertz CT molecular complexity index is 1040. The molecule has 5 nitrogen and oxygen atoms in total. The largest absolute Gasteiger partial charge is 0.418 e. The molecule has 0 saturated heterocycles. The molecule has 0 fully saturated rings. The van der Waals surface area contributed by atoms with Gasteiger partial charge in [-0.2, -0.15) is 13.2 Å². The summed E-state index contributed by atoms with van der Waals surface area (Å²) in [4.78, 5) is 1.83. The molecule has 2 N–H and O–H groups in total. The van der Waals surface area contributed by atoms with E-state index in [9.17, 15) is 18.4 Å². The maximum atomic E-state index is 13.3. The fraction of sp³-hybridized carbons (Fsp3) is 0.217. The second-order valence-electron chi connectivity index (χ2n) is 7.11. The van der Waals surface area contributed by atoms with Crippen molar-refractivity contribution in [1.29, 1.82) is 5.41 Å². The Morgan fingerprint density at radius 2 is 1.81 bits per heavy atom. The van der Waals surface area contributed by atoms with Crippen molar-refractivity contribution in [3.05, 3.63) is 89.1 Å². The van der Waals surface area contributed by atoms with Crippen molar-refractivity contribution >= 4 is 17.0 Å². The van der Waals surface area contributed by atoms with E-state index < -0.39 is 12.3 Å². The zero-order valence-electron chi connectivity index (χ0n) is 17.0. The second kappa shape index (κ2) is 9.18. The lowest BCUT2D eigenvalue weighted by atomic mass is 9.93. The number of benzene rings is 2. The molecule has 0 heterocycles. The zero-order chi connectivity index (χ0) is 22.6. The number of hydrogen-bond donors (Lipinski definition) is 2. The molecule has 1 unspecified atom stereocenters. The summed E-state index contributed by atoms with van der Waals surface area (Å²) in [6.45, 7) is 0.501. The monoisotopic (exact) mass is 429 g/mol. The van der Waals surface area contributed by atoms with Crippen LogP contribution in [-0.4, -0.2) is 41.9 Å². The molecule has 0 aromatic heterocycles. The molecule has 0 amide bonds. The lowest BCUT2D eigenvalue weighted by Crippen LogP contribution is -2.29. The highest BCUT2D eigenvalue weighted by atomic mass is 19.4. The number of hydrogen-bond acceptors (Lipinski definition) is 5. The highest BCUT2D eigenvalue weighted by Gasteiger charge is 2.41. The molecule has 2 aromatic rings. The molecule has 0 aliphatic heterocycles. The highest BCUT2D eigenvalue weighted by molar-refractivity contribution is 6.53. The Morgan fingerprint density at radius 3 is 2.42 bits per heavy atom. The van der Waals surface area contributed by atoms with Gasteiger partial charge in [0.15, 0.2) is 6.10 Å². The maximum Gasteiger partial charge on any atom is 0.418 e. The van der Waals surface area contributed by atoms with Gasteiger partial charge in [-0.1, -0.05) is 53.7 Å². The van der Waals surface area contributed by atoms with Gasteiger partial charge in [0.1, 0.15) is 11.4 Å². The van der Waals surface area contributed by atoms with Crippen LogP contribution in [0.2, 0.25) is 0 Å². The first-order valence-electron chi connectivity index (χ1n) is 9.44. The zero-order valence-corrected chi connectivity index (χ0v) is 17.0. The van der Waals surface area contributed by atoms with E-state index in [2.05, 4.69) is 9.89 Å². The Morgan fingerprint density at radius 1 is 1.10 bits per heavy atom. The minimum atomic E-state index is -4.55. The second-order valence-corrected chi connectivity index (χ2v) is 7.11. The van der Waals surface area contributed by atoms with Gasteiger partial charge in [-0.05, 0) is 40.5 Å². The molecular weight excluding hydrogens is 407 g/mol. The molecule has 1 aliphatic carbocycles. The van der Waals surface area contributed by atoms with Crippen LogP contribution in [0.25, 0.3) is 5.57 Å². The van der Waals surface area contributed by atoms with Crippen molar-refractivity contribution < 1.29 is 23.1 Å². The van der Waals surface area contributed by atoms with E-state index >= 15 is 0 Å². The molecule has 0 saturated carbocycles. The van der Waals surface area contributed by atoms with E-state index in [1.807, 2.05) is 35.2 Å². The van der Waals surface area contributed by atoms with Crippen LogP contribution < -0.4 is 0 Å². The molecule has 8 heteroatoms. The molecule has 0 spiro atoms. The van der Waals surface area contributed by atoms with Crippen molar-refractivity contribution in [2.24, 2.45) is 5.16 Å². The molecule has 1 aliphatic rings. The van der Waals surface area contributed by atoms with Crippen molar-refractivity contribution in [3.8, 4) is 0 Å². The first-order valence-corrected chi connectivity index (χ1v) is 9.44. The number of methoxy groups -OCH3 is 1. The summed E-state index contributed by atoms with van der Waals surface area (Å²) in [5.74, 6) is 0. The summed E-state index contributed by atoms with van der Waals surface area (Å²) < 4.78 is 44.5. The molecule has 31 heavy (non-hydrogen) atoms. The average Bonchev–Trinajstić information content (AvgIpc) is 2.74. The minimum absolute atomic E-state index is 0.0193. The van der Waals surface area contributed by atoms with E-state index in [1.165, 1.54) is 24.3 Å². The topological polar surface area (TPSA) is 68.9 Å². The molecule has 0 radical (unpaired) electrons. The van der Waals surface area contributed by atoms with Crippen LogP contribution in [0.5, 0.6) is 0 Å². The van der Waals surface area contributed by atoms with Gasteiger partial charge in [0.2, 0.25) is 0 Å². The average molecular weight is 429 g/mol. The molecule has 0 bridgehead atoms. The standard InChI is InChI=1S/C23H22F3N3O2/c1-29(14-15-7-4-3-5-8-15)20-13-18(12-19(28-30)21(20)27)16-9-6-10-17(11-16)22(31-2)23(24,25)26/h3-13,22,27,30H,14H2,1-2H3/b27-21?,28-19-. The Balaban J connectivity index is 1.98. The summed E-state index contributed by atoms with van der Waals surface area (Å²) in [5.41, 5.74) is 2.53. The SMILES string of the molecule is COC(c1cccc(C2=C/C(=N/O)C(=N)C(N(C)Cc3ccccc3)=C2)c1)C(F)(F)F. The smallest absolute Gasteiger partial charge is 0.410 e. The number of oxime groups is 1. The van der Waals surface area contributed by atoms with Gasteiger partial charge in [-0.25, -0.2) is 0 Å². The Labute approximate surface area is 178 Å². The molecular formula is C23H22F3N3O2. The third kappa shape index (κ3) is 5.03. The maximum absolute atomic E-state index is 13.3. The normalized spacial score (nSPS) is 16.7. The molecule has 1 atom stereocenters. The fourth-order valence-electron chi connectivity index (χ4n) is 3.44. The van der Waals surface area contributed by atoms with E-state index in [1.54, 1.807) is 19.2 Å².